The summed E-state index contributed by atoms with van der Waals surface area (Å²) in [6, 6.07) is 8.77. The first-order valence-corrected chi connectivity index (χ1v) is 9.98. The Morgan fingerprint density at radius 1 is 1.04 bits per heavy atom. The largest absolute Gasteiger partial charge is 0.390 e. The normalized spacial score (nSPS) is 29.8. The lowest BCUT2D eigenvalue weighted by atomic mass is 9.65. The summed E-state index contributed by atoms with van der Waals surface area (Å²) in [6.07, 6.45) is 6.20. The lowest BCUT2D eigenvalue weighted by molar-refractivity contribution is -0.142. The van der Waals surface area contributed by atoms with Crippen LogP contribution in [-0.4, -0.2) is 34.6 Å². The van der Waals surface area contributed by atoms with E-state index in [9.17, 15) is 9.90 Å². The van der Waals surface area contributed by atoms with Crippen molar-refractivity contribution in [1.29, 1.82) is 0 Å². The number of rotatable bonds is 5. The number of aryl methyl sites for hydroxylation is 1. The zero-order valence-corrected chi connectivity index (χ0v) is 16.1. The van der Waals surface area contributed by atoms with Gasteiger partial charge in [0, 0.05) is 13.1 Å². The van der Waals surface area contributed by atoms with Gasteiger partial charge < -0.3 is 10.0 Å². The van der Waals surface area contributed by atoms with Crippen molar-refractivity contribution in [3.63, 3.8) is 0 Å². The second-order valence-electron chi connectivity index (χ2n) is 8.50. The summed E-state index contributed by atoms with van der Waals surface area (Å²) < 4.78 is 0. The molecule has 1 saturated carbocycles. The molecule has 2 fully saturated rings. The summed E-state index contributed by atoms with van der Waals surface area (Å²) >= 11 is 0. The van der Waals surface area contributed by atoms with Crippen LogP contribution in [0.3, 0.4) is 0 Å². The third-order valence-corrected chi connectivity index (χ3v) is 6.85. The van der Waals surface area contributed by atoms with Crippen LogP contribution >= 0.6 is 0 Å². The minimum Gasteiger partial charge on any atom is -0.390 e. The third kappa shape index (κ3) is 3.62. The second-order valence-corrected chi connectivity index (χ2v) is 8.50. The Labute approximate surface area is 152 Å². The number of hydrogen-bond acceptors (Lipinski definition) is 2. The van der Waals surface area contributed by atoms with Crippen molar-refractivity contribution in [2.24, 2.45) is 11.3 Å². The molecule has 1 aliphatic carbocycles. The van der Waals surface area contributed by atoms with E-state index in [2.05, 4.69) is 49.9 Å². The first-order valence-electron chi connectivity index (χ1n) is 9.98. The predicted molar refractivity (Wildman–Crippen MR) is 101 cm³/mol. The van der Waals surface area contributed by atoms with E-state index in [0.29, 0.717) is 5.91 Å². The molecule has 0 unspecified atom stereocenters. The lowest BCUT2D eigenvalue weighted by Gasteiger charge is -2.43. The molecule has 1 amide bonds. The summed E-state index contributed by atoms with van der Waals surface area (Å²) in [7, 11) is 0. The number of aliphatic hydroxyl groups is 1. The molecule has 1 saturated heterocycles. The quantitative estimate of drug-likeness (QED) is 0.879. The molecule has 1 aliphatic heterocycles. The molecule has 3 nitrogen and oxygen atoms in total. The van der Waals surface area contributed by atoms with Gasteiger partial charge in [0.2, 0.25) is 5.91 Å². The molecule has 1 heterocycles. The molecule has 0 bridgehead atoms. The maximum absolute atomic E-state index is 13.0. The van der Waals surface area contributed by atoms with Crippen molar-refractivity contribution in [1.82, 2.24) is 4.90 Å². The highest BCUT2D eigenvalue weighted by molar-refractivity contribution is 5.85. The second kappa shape index (κ2) is 7.11. The SMILES string of the molecule is CCc1ccc(CCN2CCC3(CCC(O)(C(C)C)CC3)C2=O)cc1. The summed E-state index contributed by atoms with van der Waals surface area (Å²) in [4.78, 5) is 15.1. The number of nitrogens with zero attached hydrogens (tertiary/aromatic N) is 1. The lowest BCUT2D eigenvalue weighted by Crippen LogP contribution is -2.46. The standard InChI is InChI=1S/C22H33NO2/c1-4-18-5-7-19(8-6-18)9-15-23-16-14-21(20(23)24)10-12-22(25,13-11-21)17(2)3/h5-8,17,25H,4,9-16H2,1-3H3. The molecule has 3 heteroatoms. The summed E-state index contributed by atoms with van der Waals surface area (Å²) in [6.45, 7) is 8.05. The van der Waals surface area contributed by atoms with E-state index >= 15 is 0 Å². The van der Waals surface area contributed by atoms with Gasteiger partial charge in [-0.15, -0.1) is 0 Å². The fourth-order valence-electron chi connectivity index (χ4n) is 4.51. The zero-order chi connectivity index (χ0) is 18.1. The van der Waals surface area contributed by atoms with Crippen LogP contribution in [0.5, 0.6) is 0 Å². The predicted octanol–water partition coefficient (Wildman–Crippen LogP) is 3.97. The Kier molecular flexibility index (Phi) is 5.24. The van der Waals surface area contributed by atoms with Crippen molar-refractivity contribution >= 4 is 5.91 Å². The highest BCUT2D eigenvalue weighted by Gasteiger charge is 2.51. The van der Waals surface area contributed by atoms with Crippen LogP contribution in [0.25, 0.3) is 0 Å². The fraction of sp³-hybridized carbons (Fsp3) is 0.682. The van der Waals surface area contributed by atoms with Gasteiger partial charge in [-0.05, 0) is 62.0 Å². The Hall–Kier alpha value is -1.35. The van der Waals surface area contributed by atoms with E-state index < -0.39 is 5.60 Å². The number of benzene rings is 1. The third-order valence-electron chi connectivity index (χ3n) is 6.85. The Morgan fingerprint density at radius 2 is 1.64 bits per heavy atom. The van der Waals surface area contributed by atoms with Gasteiger partial charge >= 0.3 is 0 Å². The molecule has 2 aliphatic rings. The number of carbonyl (C=O) groups excluding carboxylic acids is 1. The van der Waals surface area contributed by atoms with E-state index in [1.54, 1.807) is 0 Å². The Morgan fingerprint density at radius 3 is 2.20 bits per heavy atom. The van der Waals surface area contributed by atoms with Crippen molar-refractivity contribution in [2.45, 2.75) is 71.3 Å². The molecule has 1 spiro atoms. The van der Waals surface area contributed by atoms with Gasteiger partial charge in [-0.1, -0.05) is 45.0 Å². The molecule has 0 radical (unpaired) electrons. The Balaban J connectivity index is 1.57. The molecular formula is C22H33NO2. The van der Waals surface area contributed by atoms with Crippen LogP contribution in [0.15, 0.2) is 24.3 Å². The number of carbonyl (C=O) groups is 1. The van der Waals surface area contributed by atoms with E-state index in [0.717, 1.165) is 58.0 Å². The minimum atomic E-state index is -0.569. The highest BCUT2D eigenvalue weighted by Crippen LogP contribution is 2.49. The topological polar surface area (TPSA) is 40.5 Å². The number of hydrogen-bond donors (Lipinski definition) is 1. The van der Waals surface area contributed by atoms with Crippen molar-refractivity contribution < 1.29 is 9.90 Å². The molecule has 0 aromatic heterocycles. The molecule has 1 aromatic carbocycles. The summed E-state index contributed by atoms with van der Waals surface area (Å²) in [5.74, 6) is 0.604. The first-order chi connectivity index (χ1) is 11.9. The van der Waals surface area contributed by atoms with Crippen molar-refractivity contribution in [3.05, 3.63) is 35.4 Å². The van der Waals surface area contributed by atoms with Gasteiger partial charge in [0.15, 0.2) is 0 Å². The van der Waals surface area contributed by atoms with Gasteiger partial charge in [0.05, 0.1) is 11.0 Å². The molecule has 1 N–H and O–H groups in total. The van der Waals surface area contributed by atoms with Gasteiger partial charge in [0.25, 0.3) is 0 Å². The molecule has 1 aromatic rings. The van der Waals surface area contributed by atoms with Crippen molar-refractivity contribution in [3.8, 4) is 0 Å². The van der Waals surface area contributed by atoms with Gasteiger partial charge in [-0.25, -0.2) is 0 Å². The zero-order valence-electron chi connectivity index (χ0n) is 16.1. The van der Waals surface area contributed by atoms with Crippen LogP contribution in [0.1, 0.15) is 64.0 Å². The van der Waals surface area contributed by atoms with Crippen LogP contribution in [-0.2, 0) is 17.6 Å². The minimum absolute atomic E-state index is 0.187. The maximum Gasteiger partial charge on any atom is 0.228 e. The molecule has 0 atom stereocenters. The van der Waals surface area contributed by atoms with Crippen LogP contribution in [0.2, 0.25) is 0 Å². The summed E-state index contributed by atoms with van der Waals surface area (Å²) in [5, 5.41) is 10.7. The summed E-state index contributed by atoms with van der Waals surface area (Å²) in [5.41, 5.74) is 1.91. The van der Waals surface area contributed by atoms with E-state index in [1.807, 2.05) is 0 Å². The maximum atomic E-state index is 13.0. The monoisotopic (exact) mass is 343 g/mol. The Bertz CT molecular complexity index is 597. The first kappa shape index (κ1) is 18.4. The van der Waals surface area contributed by atoms with Crippen LogP contribution < -0.4 is 0 Å². The molecule has 3 rings (SSSR count). The van der Waals surface area contributed by atoms with Crippen LogP contribution in [0.4, 0.5) is 0 Å². The van der Waals surface area contributed by atoms with Gasteiger partial charge in [-0.2, -0.15) is 0 Å². The fourth-order valence-corrected chi connectivity index (χ4v) is 4.51. The molecule has 25 heavy (non-hydrogen) atoms. The number of amides is 1. The highest BCUT2D eigenvalue weighted by atomic mass is 16.3. The van der Waals surface area contributed by atoms with E-state index in [-0.39, 0.29) is 11.3 Å². The average molecular weight is 344 g/mol. The molecule has 138 valence electrons. The van der Waals surface area contributed by atoms with E-state index in [1.165, 1.54) is 11.1 Å². The smallest absolute Gasteiger partial charge is 0.228 e. The number of likely N-dealkylation sites (tertiary alicyclic amines) is 1. The molecular weight excluding hydrogens is 310 g/mol. The van der Waals surface area contributed by atoms with Gasteiger partial charge in [0.1, 0.15) is 0 Å². The van der Waals surface area contributed by atoms with Crippen molar-refractivity contribution in [2.75, 3.05) is 13.1 Å². The van der Waals surface area contributed by atoms with E-state index in [4.69, 9.17) is 0 Å². The van der Waals surface area contributed by atoms with Crippen LogP contribution in [0, 0.1) is 11.3 Å². The van der Waals surface area contributed by atoms with Gasteiger partial charge in [-0.3, -0.25) is 4.79 Å². The average Bonchev–Trinajstić information content (AvgIpc) is 2.92.